The second-order valence-electron chi connectivity index (χ2n) is 3.17. The van der Waals surface area contributed by atoms with Crippen molar-refractivity contribution in [1.29, 1.82) is 0 Å². The van der Waals surface area contributed by atoms with Gasteiger partial charge in [0.1, 0.15) is 10.8 Å². The third-order valence-corrected chi connectivity index (χ3v) is 2.74. The minimum atomic E-state index is 0.273. The van der Waals surface area contributed by atoms with Crippen molar-refractivity contribution in [2.24, 2.45) is 0 Å². The number of aromatic hydroxyl groups is 1. The van der Waals surface area contributed by atoms with E-state index in [0.29, 0.717) is 0 Å². The Morgan fingerprint density at radius 3 is 2.60 bits per heavy atom. The summed E-state index contributed by atoms with van der Waals surface area (Å²) >= 11 is 1.53. The molecule has 0 unspecified atom stereocenters. The number of aryl methyl sites for hydroxylation is 1. The lowest BCUT2D eigenvalue weighted by atomic mass is 10.3. The van der Waals surface area contributed by atoms with E-state index in [-0.39, 0.29) is 5.75 Å². The van der Waals surface area contributed by atoms with E-state index >= 15 is 0 Å². The molecule has 0 saturated heterocycles. The molecule has 0 aliphatic carbocycles. The molecule has 3 nitrogen and oxygen atoms in total. The smallest absolute Gasteiger partial charge is 0.124 e. The second kappa shape index (κ2) is 4.31. The van der Waals surface area contributed by atoms with E-state index in [1.165, 1.54) is 11.8 Å². The van der Waals surface area contributed by atoms with Gasteiger partial charge in [0.2, 0.25) is 0 Å². The van der Waals surface area contributed by atoms with E-state index in [2.05, 4.69) is 10.2 Å². The van der Waals surface area contributed by atoms with Gasteiger partial charge in [-0.1, -0.05) is 11.8 Å². The van der Waals surface area contributed by atoms with Gasteiger partial charge in [-0.3, -0.25) is 0 Å². The van der Waals surface area contributed by atoms with Gasteiger partial charge in [0.05, 0.1) is 6.20 Å². The van der Waals surface area contributed by atoms with Crippen LogP contribution in [-0.4, -0.2) is 15.3 Å². The molecule has 2 aromatic rings. The first-order valence-electron chi connectivity index (χ1n) is 4.50. The standard InChI is InChI=1S/C11H10N2OS/c1-8-6-11(13-12-7-8)15-10-4-2-9(14)3-5-10/h2-7,14H,1H3. The van der Waals surface area contributed by atoms with Gasteiger partial charge in [-0.2, -0.15) is 5.10 Å². The zero-order valence-electron chi connectivity index (χ0n) is 8.21. The third kappa shape index (κ3) is 2.70. The zero-order chi connectivity index (χ0) is 10.7. The molecule has 0 radical (unpaired) electrons. The van der Waals surface area contributed by atoms with E-state index in [1.807, 2.05) is 25.1 Å². The van der Waals surface area contributed by atoms with Gasteiger partial charge in [-0.25, -0.2) is 0 Å². The Kier molecular flexibility index (Phi) is 2.87. The predicted octanol–water partition coefficient (Wildman–Crippen LogP) is 2.64. The summed E-state index contributed by atoms with van der Waals surface area (Å²) in [6, 6.07) is 9.00. The van der Waals surface area contributed by atoms with Crippen LogP contribution in [0.1, 0.15) is 5.56 Å². The third-order valence-electron chi connectivity index (χ3n) is 1.83. The maximum atomic E-state index is 9.13. The predicted molar refractivity (Wildman–Crippen MR) is 59.0 cm³/mol. The van der Waals surface area contributed by atoms with Crippen molar-refractivity contribution in [1.82, 2.24) is 10.2 Å². The van der Waals surface area contributed by atoms with Crippen LogP contribution in [0, 0.1) is 6.92 Å². The quantitative estimate of drug-likeness (QED) is 0.841. The Bertz CT molecular complexity index is 456. The molecule has 0 aliphatic heterocycles. The summed E-state index contributed by atoms with van der Waals surface area (Å²) in [4.78, 5) is 1.03. The number of phenols is 1. The Balaban J connectivity index is 2.18. The minimum Gasteiger partial charge on any atom is -0.508 e. The van der Waals surface area contributed by atoms with Crippen LogP contribution in [0.25, 0.3) is 0 Å². The van der Waals surface area contributed by atoms with Crippen LogP contribution in [0.4, 0.5) is 0 Å². The molecule has 4 heteroatoms. The normalized spacial score (nSPS) is 10.2. The molecule has 1 aromatic carbocycles. The molecular weight excluding hydrogens is 208 g/mol. The lowest BCUT2D eigenvalue weighted by molar-refractivity contribution is 0.475. The van der Waals surface area contributed by atoms with Gasteiger partial charge < -0.3 is 5.11 Å². The summed E-state index contributed by atoms with van der Waals surface area (Å²) in [5.74, 6) is 0.273. The van der Waals surface area contributed by atoms with E-state index in [0.717, 1.165) is 15.5 Å². The molecule has 1 heterocycles. The van der Waals surface area contributed by atoms with E-state index in [4.69, 9.17) is 5.11 Å². The fourth-order valence-corrected chi connectivity index (χ4v) is 1.97. The first-order valence-corrected chi connectivity index (χ1v) is 5.32. The number of benzene rings is 1. The number of phenolic OH excluding ortho intramolecular Hbond substituents is 1. The number of aromatic nitrogens is 2. The van der Waals surface area contributed by atoms with Gasteiger partial charge in [0.15, 0.2) is 0 Å². The fourth-order valence-electron chi connectivity index (χ4n) is 1.12. The average Bonchev–Trinajstić information content (AvgIpc) is 2.22. The highest BCUT2D eigenvalue weighted by Gasteiger charge is 1.99. The van der Waals surface area contributed by atoms with E-state index < -0.39 is 0 Å². The van der Waals surface area contributed by atoms with Crippen molar-refractivity contribution < 1.29 is 5.11 Å². The minimum absolute atomic E-state index is 0.273. The molecule has 0 fully saturated rings. The van der Waals surface area contributed by atoms with Crippen LogP contribution in [0.2, 0.25) is 0 Å². The highest BCUT2D eigenvalue weighted by molar-refractivity contribution is 7.99. The van der Waals surface area contributed by atoms with Gasteiger partial charge in [0.25, 0.3) is 0 Å². The molecule has 76 valence electrons. The Labute approximate surface area is 92.2 Å². The number of rotatable bonds is 2. The molecule has 0 amide bonds. The molecule has 0 spiro atoms. The first kappa shape index (κ1) is 9.98. The highest BCUT2D eigenvalue weighted by atomic mass is 32.2. The molecule has 0 bridgehead atoms. The second-order valence-corrected chi connectivity index (χ2v) is 4.26. The summed E-state index contributed by atoms with van der Waals surface area (Å²) in [6.07, 6.45) is 1.72. The zero-order valence-corrected chi connectivity index (χ0v) is 9.03. The van der Waals surface area contributed by atoms with Gasteiger partial charge in [-0.05, 0) is 42.8 Å². The molecule has 0 aliphatic rings. The van der Waals surface area contributed by atoms with Crippen LogP contribution in [0.3, 0.4) is 0 Å². The summed E-state index contributed by atoms with van der Waals surface area (Å²) < 4.78 is 0. The van der Waals surface area contributed by atoms with Crippen molar-refractivity contribution in [3.05, 3.63) is 42.1 Å². The van der Waals surface area contributed by atoms with Crippen molar-refractivity contribution in [2.45, 2.75) is 16.8 Å². The van der Waals surface area contributed by atoms with Gasteiger partial charge in [0, 0.05) is 4.90 Å². The Hall–Kier alpha value is -1.55. The first-order chi connectivity index (χ1) is 7.24. The molecule has 0 atom stereocenters. The average molecular weight is 218 g/mol. The molecule has 15 heavy (non-hydrogen) atoms. The maximum Gasteiger partial charge on any atom is 0.124 e. The van der Waals surface area contributed by atoms with Crippen LogP contribution in [-0.2, 0) is 0 Å². The van der Waals surface area contributed by atoms with Crippen LogP contribution >= 0.6 is 11.8 Å². The number of nitrogens with zero attached hydrogens (tertiary/aromatic N) is 2. The lowest BCUT2D eigenvalue weighted by Gasteiger charge is -2.00. The number of hydrogen-bond acceptors (Lipinski definition) is 4. The monoisotopic (exact) mass is 218 g/mol. The Morgan fingerprint density at radius 2 is 1.93 bits per heavy atom. The van der Waals surface area contributed by atoms with Crippen molar-refractivity contribution in [3.8, 4) is 5.75 Å². The number of hydrogen-bond donors (Lipinski definition) is 1. The van der Waals surface area contributed by atoms with E-state index in [9.17, 15) is 0 Å². The molecular formula is C11H10N2OS. The summed E-state index contributed by atoms with van der Waals surface area (Å²) in [6.45, 7) is 1.98. The fraction of sp³-hybridized carbons (Fsp3) is 0.0909. The SMILES string of the molecule is Cc1cnnc(Sc2ccc(O)cc2)c1. The van der Waals surface area contributed by atoms with Crippen LogP contribution < -0.4 is 0 Å². The molecule has 0 saturated carbocycles. The topological polar surface area (TPSA) is 46.0 Å². The van der Waals surface area contributed by atoms with Crippen molar-refractivity contribution in [2.75, 3.05) is 0 Å². The summed E-state index contributed by atoms with van der Waals surface area (Å²) in [7, 11) is 0. The van der Waals surface area contributed by atoms with Crippen LogP contribution in [0.15, 0.2) is 46.5 Å². The molecule has 2 rings (SSSR count). The van der Waals surface area contributed by atoms with Gasteiger partial charge in [-0.15, -0.1) is 5.10 Å². The van der Waals surface area contributed by atoms with Crippen LogP contribution in [0.5, 0.6) is 5.75 Å². The molecule has 1 aromatic heterocycles. The van der Waals surface area contributed by atoms with Crippen molar-refractivity contribution >= 4 is 11.8 Å². The Morgan fingerprint density at radius 1 is 1.20 bits per heavy atom. The largest absolute Gasteiger partial charge is 0.508 e. The lowest BCUT2D eigenvalue weighted by Crippen LogP contribution is -1.85. The van der Waals surface area contributed by atoms with Crippen molar-refractivity contribution in [3.63, 3.8) is 0 Å². The highest BCUT2D eigenvalue weighted by Crippen LogP contribution is 2.26. The summed E-state index contributed by atoms with van der Waals surface area (Å²) in [5.41, 5.74) is 1.09. The van der Waals surface area contributed by atoms with Gasteiger partial charge >= 0.3 is 0 Å². The maximum absolute atomic E-state index is 9.13. The van der Waals surface area contributed by atoms with E-state index in [1.54, 1.807) is 18.3 Å². The molecule has 1 N–H and O–H groups in total. The summed E-state index contributed by atoms with van der Waals surface area (Å²) in [5, 5.41) is 17.9.